The van der Waals surface area contributed by atoms with Crippen molar-refractivity contribution in [3.05, 3.63) is 29.0 Å². The summed E-state index contributed by atoms with van der Waals surface area (Å²) in [5.41, 5.74) is 2.22. The van der Waals surface area contributed by atoms with Crippen LogP contribution in [0.3, 0.4) is 0 Å². The Labute approximate surface area is 134 Å². The Kier molecular flexibility index (Phi) is 4.54. The van der Waals surface area contributed by atoms with E-state index in [9.17, 15) is 4.79 Å². The van der Waals surface area contributed by atoms with Crippen molar-refractivity contribution in [1.29, 1.82) is 0 Å². The van der Waals surface area contributed by atoms with Crippen LogP contribution in [-0.2, 0) is 17.9 Å². The summed E-state index contributed by atoms with van der Waals surface area (Å²) < 4.78 is 2.03. The molecule has 3 rings (SSSR count). The lowest BCUT2D eigenvalue weighted by Crippen LogP contribution is -2.32. The van der Waals surface area contributed by atoms with Crippen molar-refractivity contribution in [1.82, 2.24) is 19.7 Å². The first-order valence-electron chi connectivity index (χ1n) is 7.55. The van der Waals surface area contributed by atoms with Gasteiger partial charge < -0.3 is 5.32 Å². The molecule has 0 aromatic carbocycles. The van der Waals surface area contributed by atoms with E-state index in [1.165, 1.54) is 36.7 Å². The lowest BCUT2D eigenvalue weighted by Gasteiger charge is -2.23. The van der Waals surface area contributed by atoms with Gasteiger partial charge in [-0.05, 0) is 31.9 Å². The van der Waals surface area contributed by atoms with E-state index in [1.54, 1.807) is 0 Å². The number of hydrogen-bond donors (Lipinski definition) is 1. The van der Waals surface area contributed by atoms with E-state index in [-0.39, 0.29) is 5.91 Å². The molecule has 2 aromatic heterocycles. The molecule has 2 aromatic rings. The Morgan fingerprint density at radius 2 is 2.41 bits per heavy atom. The van der Waals surface area contributed by atoms with Crippen LogP contribution in [0.5, 0.6) is 0 Å². The largest absolute Gasteiger partial charge is 0.302 e. The van der Waals surface area contributed by atoms with E-state index in [4.69, 9.17) is 0 Å². The molecule has 7 heteroatoms. The molecule has 0 spiro atoms. The fourth-order valence-corrected chi connectivity index (χ4v) is 3.64. The first-order valence-corrected chi connectivity index (χ1v) is 8.43. The predicted octanol–water partition coefficient (Wildman–Crippen LogP) is 2.27. The summed E-state index contributed by atoms with van der Waals surface area (Å²) in [4.78, 5) is 18.0. The summed E-state index contributed by atoms with van der Waals surface area (Å²) in [6.07, 6.45) is 6.41. The second-order valence-corrected chi connectivity index (χ2v) is 6.69. The van der Waals surface area contributed by atoms with Crippen LogP contribution in [0.4, 0.5) is 5.13 Å². The van der Waals surface area contributed by atoms with Gasteiger partial charge >= 0.3 is 0 Å². The highest BCUT2D eigenvalue weighted by molar-refractivity contribution is 7.13. The molecule has 1 fully saturated rings. The van der Waals surface area contributed by atoms with E-state index in [0.29, 0.717) is 11.2 Å². The van der Waals surface area contributed by atoms with Crippen molar-refractivity contribution < 1.29 is 4.79 Å². The summed E-state index contributed by atoms with van der Waals surface area (Å²) in [6.45, 7) is 6.42. The van der Waals surface area contributed by atoms with E-state index < -0.39 is 0 Å². The first kappa shape index (κ1) is 15.2. The van der Waals surface area contributed by atoms with Crippen LogP contribution in [0.25, 0.3) is 0 Å². The number of carbonyl (C=O) groups excluding carboxylic acids is 1. The molecule has 1 amide bonds. The maximum atomic E-state index is 11.1. The van der Waals surface area contributed by atoms with Crippen LogP contribution in [0.2, 0.25) is 0 Å². The van der Waals surface area contributed by atoms with Crippen molar-refractivity contribution in [3.8, 4) is 0 Å². The standard InChI is InChI=1S/C15H21N5OS/c1-11-6-16-20(7-11)9-14-4-3-5-19(14)8-13-10-22-15(18-13)17-12(2)21/h6-7,10,14H,3-5,8-9H2,1-2H3,(H,17,18,21)/t14-/m1/s1. The number of likely N-dealkylation sites (tertiary alicyclic amines) is 1. The molecule has 22 heavy (non-hydrogen) atoms. The van der Waals surface area contributed by atoms with Crippen molar-refractivity contribution in [2.45, 2.75) is 45.8 Å². The molecule has 0 radical (unpaired) electrons. The number of aromatic nitrogens is 3. The summed E-state index contributed by atoms with van der Waals surface area (Å²) in [5.74, 6) is -0.0750. The molecule has 1 aliphatic heterocycles. The second-order valence-electron chi connectivity index (χ2n) is 5.83. The molecule has 0 aliphatic carbocycles. The van der Waals surface area contributed by atoms with Gasteiger partial charge in [0.2, 0.25) is 5.91 Å². The topological polar surface area (TPSA) is 63.1 Å². The summed E-state index contributed by atoms with van der Waals surface area (Å²) >= 11 is 1.48. The van der Waals surface area contributed by atoms with E-state index in [0.717, 1.165) is 25.3 Å². The van der Waals surface area contributed by atoms with E-state index in [1.807, 2.05) is 16.3 Å². The zero-order valence-electron chi connectivity index (χ0n) is 13.0. The number of thiazole rings is 1. The molecule has 1 N–H and O–H groups in total. The molecular weight excluding hydrogens is 298 g/mol. The third-order valence-corrected chi connectivity index (χ3v) is 4.67. The Balaban J connectivity index is 1.61. The second kappa shape index (κ2) is 6.58. The normalized spacial score (nSPS) is 18.7. The average Bonchev–Trinajstić information content (AvgIpc) is 3.15. The minimum absolute atomic E-state index is 0.0750. The molecule has 0 unspecified atom stereocenters. The van der Waals surface area contributed by atoms with Crippen molar-refractivity contribution >= 4 is 22.4 Å². The zero-order chi connectivity index (χ0) is 15.5. The highest BCUT2D eigenvalue weighted by atomic mass is 32.1. The van der Waals surface area contributed by atoms with Gasteiger partial charge in [0.1, 0.15) is 0 Å². The van der Waals surface area contributed by atoms with Gasteiger partial charge in [-0.25, -0.2) is 4.98 Å². The van der Waals surface area contributed by atoms with Gasteiger partial charge in [0.25, 0.3) is 0 Å². The minimum atomic E-state index is -0.0750. The number of nitrogens with one attached hydrogen (secondary N) is 1. The Bertz CT molecular complexity index is 650. The first-order chi connectivity index (χ1) is 10.6. The number of carbonyl (C=O) groups is 1. The average molecular weight is 319 g/mol. The number of hydrogen-bond acceptors (Lipinski definition) is 5. The third-order valence-electron chi connectivity index (χ3n) is 3.86. The van der Waals surface area contributed by atoms with Gasteiger partial charge in [-0.1, -0.05) is 0 Å². The molecule has 1 aliphatic rings. The summed E-state index contributed by atoms with van der Waals surface area (Å²) in [7, 11) is 0. The highest BCUT2D eigenvalue weighted by Gasteiger charge is 2.25. The number of nitrogens with zero attached hydrogens (tertiary/aromatic N) is 4. The number of aryl methyl sites for hydroxylation is 1. The quantitative estimate of drug-likeness (QED) is 0.918. The van der Waals surface area contributed by atoms with Crippen LogP contribution in [0.1, 0.15) is 31.0 Å². The molecule has 6 nitrogen and oxygen atoms in total. The number of anilines is 1. The van der Waals surface area contributed by atoms with Gasteiger partial charge in [-0.15, -0.1) is 11.3 Å². The van der Waals surface area contributed by atoms with Crippen molar-refractivity contribution in [3.63, 3.8) is 0 Å². The van der Waals surface area contributed by atoms with E-state index >= 15 is 0 Å². The monoisotopic (exact) mass is 319 g/mol. The maximum Gasteiger partial charge on any atom is 0.223 e. The Hall–Kier alpha value is -1.73. The molecule has 1 saturated heterocycles. The SMILES string of the molecule is CC(=O)Nc1nc(CN2CCC[C@@H]2Cn2cc(C)cn2)cs1. The third kappa shape index (κ3) is 3.72. The summed E-state index contributed by atoms with van der Waals surface area (Å²) in [5, 5.41) is 9.83. The van der Waals surface area contributed by atoms with Gasteiger partial charge in [0.05, 0.1) is 18.4 Å². The Morgan fingerprint density at radius 1 is 1.55 bits per heavy atom. The lowest BCUT2D eigenvalue weighted by atomic mass is 10.2. The van der Waals surface area contributed by atoms with Crippen LogP contribution >= 0.6 is 11.3 Å². The van der Waals surface area contributed by atoms with Gasteiger partial charge in [-0.3, -0.25) is 14.4 Å². The molecule has 0 bridgehead atoms. The predicted molar refractivity (Wildman–Crippen MR) is 86.8 cm³/mol. The molecular formula is C15H21N5OS. The summed E-state index contributed by atoms with van der Waals surface area (Å²) in [6, 6.07) is 0.505. The molecule has 3 heterocycles. The minimum Gasteiger partial charge on any atom is -0.302 e. The van der Waals surface area contributed by atoms with Gasteiger partial charge in [0.15, 0.2) is 5.13 Å². The van der Waals surface area contributed by atoms with Crippen molar-refractivity contribution in [2.24, 2.45) is 0 Å². The van der Waals surface area contributed by atoms with Gasteiger partial charge in [-0.2, -0.15) is 5.10 Å². The fraction of sp³-hybridized carbons (Fsp3) is 0.533. The van der Waals surface area contributed by atoms with Crippen LogP contribution in [0, 0.1) is 6.92 Å². The van der Waals surface area contributed by atoms with Crippen LogP contribution in [0.15, 0.2) is 17.8 Å². The fourth-order valence-electron chi connectivity index (χ4n) is 2.89. The zero-order valence-corrected chi connectivity index (χ0v) is 13.8. The van der Waals surface area contributed by atoms with E-state index in [2.05, 4.69) is 33.4 Å². The van der Waals surface area contributed by atoms with Crippen molar-refractivity contribution in [2.75, 3.05) is 11.9 Å². The van der Waals surface area contributed by atoms with Gasteiger partial charge in [0, 0.05) is 31.1 Å². The molecule has 0 saturated carbocycles. The van der Waals surface area contributed by atoms with Crippen LogP contribution < -0.4 is 5.32 Å². The Morgan fingerprint density at radius 3 is 3.14 bits per heavy atom. The number of amides is 1. The molecule has 118 valence electrons. The maximum absolute atomic E-state index is 11.1. The van der Waals surface area contributed by atoms with Crippen LogP contribution in [-0.4, -0.2) is 38.2 Å². The lowest BCUT2D eigenvalue weighted by molar-refractivity contribution is -0.114. The smallest absolute Gasteiger partial charge is 0.223 e. The molecule has 1 atom stereocenters. The highest BCUT2D eigenvalue weighted by Crippen LogP contribution is 2.23. The number of rotatable bonds is 5.